The maximum atomic E-state index is 13.5. The largest absolute Gasteiger partial charge is 0.465 e. The Balaban J connectivity index is 1.69. The van der Waals surface area contributed by atoms with Gasteiger partial charge in [-0.15, -0.1) is 0 Å². The van der Waals surface area contributed by atoms with E-state index in [1.165, 1.54) is 19.2 Å². The summed E-state index contributed by atoms with van der Waals surface area (Å²) in [7, 11) is 1.31. The van der Waals surface area contributed by atoms with Crippen molar-refractivity contribution >= 4 is 34.6 Å². The van der Waals surface area contributed by atoms with Crippen LogP contribution in [0.5, 0.6) is 0 Å². The Kier molecular flexibility index (Phi) is 7.50. The SMILES string of the molecule is CCN1CCN(c2ccc(C(=O)OC)cc2NC(=O)c2cc([N+](=O)[O-])ccc2N2CCCC2)CC1. The molecule has 0 spiro atoms. The number of carbonyl (C=O) groups is 2. The first-order valence-electron chi connectivity index (χ1n) is 12.0. The van der Waals surface area contributed by atoms with Gasteiger partial charge in [0.25, 0.3) is 11.6 Å². The minimum Gasteiger partial charge on any atom is -0.465 e. The maximum absolute atomic E-state index is 13.5. The van der Waals surface area contributed by atoms with E-state index < -0.39 is 16.8 Å². The average Bonchev–Trinajstić information content (AvgIpc) is 3.42. The lowest BCUT2D eigenvalue weighted by Gasteiger charge is -2.36. The zero-order valence-corrected chi connectivity index (χ0v) is 20.2. The molecule has 2 aromatic rings. The third kappa shape index (κ3) is 5.37. The van der Waals surface area contributed by atoms with Crippen molar-refractivity contribution in [3.63, 3.8) is 0 Å². The topological polar surface area (TPSA) is 108 Å². The van der Waals surface area contributed by atoms with Crippen molar-refractivity contribution in [2.24, 2.45) is 0 Å². The van der Waals surface area contributed by atoms with Crippen LogP contribution < -0.4 is 15.1 Å². The fourth-order valence-electron chi connectivity index (χ4n) is 4.70. The molecule has 0 aliphatic carbocycles. The van der Waals surface area contributed by atoms with Crippen LogP contribution in [0.2, 0.25) is 0 Å². The Hall–Kier alpha value is -3.66. The van der Waals surface area contributed by atoms with Gasteiger partial charge >= 0.3 is 5.97 Å². The predicted octanol–water partition coefficient (Wildman–Crippen LogP) is 3.38. The van der Waals surface area contributed by atoms with Crippen molar-refractivity contribution in [3.05, 3.63) is 57.6 Å². The quantitative estimate of drug-likeness (QED) is 0.364. The molecule has 0 aromatic heterocycles. The number of methoxy groups -OCH3 is 1. The van der Waals surface area contributed by atoms with E-state index >= 15 is 0 Å². The van der Waals surface area contributed by atoms with E-state index in [1.54, 1.807) is 18.2 Å². The standard InChI is InChI=1S/C25H31N5O5/c1-3-27-12-14-29(15-13-27)23-8-6-18(25(32)35-2)16-21(23)26-24(31)20-17-19(30(33)34)7-9-22(20)28-10-4-5-11-28/h6-9,16-17H,3-5,10-15H2,1-2H3,(H,26,31). The van der Waals surface area contributed by atoms with E-state index in [0.717, 1.165) is 64.3 Å². The highest BCUT2D eigenvalue weighted by molar-refractivity contribution is 6.10. The van der Waals surface area contributed by atoms with E-state index in [9.17, 15) is 19.7 Å². The number of likely N-dealkylation sites (N-methyl/N-ethyl adjacent to an activating group) is 1. The number of benzene rings is 2. The molecular formula is C25H31N5O5. The number of nitrogens with zero attached hydrogens (tertiary/aromatic N) is 4. The van der Waals surface area contributed by atoms with Crippen molar-refractivity contribution in [1.29, 1.82) is 0 Å². The van der Waals surface area contributed by atoms with E-state index in [-0.39, 0.29) is 11.3 Å². The van der Waals surface area contributed by atoms with Crippen LogP contribution in [0.25, 0.3) is 0 Å². The summed E-state index contributed by atoms with van der Waals surface area (Å²) in [6, 6.07) is 9.52. The summed E-state index contributed by atoms with van der Waals surface area (Å²) in [5.41, 5.74) is 2.37. The minimum absolute atomic E-state index is 0.141. The first-order valence-corrected chi connectivity index (χ1v) is 12.0. The van der Waals surface area contributed by atoms with Gasteiger partial charge in [0.2, 0.25) is 0 Å². The number of hydrogen-bond donors (Lipinski definition) is 1. The number of non-ortho nitro benzene ring substituents is 1. The predicted molar refractivity (Wildman–Crippen MR) is 135 cm³/mol. The fraction of sp³-hybridized carbons (Fsp3) is 0.440. The van der Waals surface area contributed by atoms with Crippen LogP contribution in [0.3, 0.4) is 0 Å². The number of nitro benzene ring substituents is 1. The zero-order chi connectivity index (χ0) is 24.9. The van der Waals surface area contributed by atoms with Gasteiger partial charge in [0, 0.05) is 51.4 Å². The van der Waals surface area contributed by atoms with Crippen LogP contribution >= 0.6 is 0 Å². The second-order valence-corrected chi connectivity index (χ2v) is 8.75. The Bertz CT molecular complexity index is 1110. The number of nitro groups is 1. The summed E-state index contributed by atoms with van der Waals surface area (Å²) in [5.74, 6) is -0.956. The molecule has 1 amide bonds. The van der Waals surface area contributed by atoms with Crippen molar-refractivity contribution in [3.8, 4) is 0 Å². The Morgan fingerprint density at radius 3 is 2.26 bits per heavy atom. The molecule has 10 heteroatoms. The highest BCUT2D eigenvalue weighted by Gasteiger charge is 2.25. The summed E-state index contributed by atoms with van der Waals surface area (Å²) in [4.78, 5) is 43.3. The molecule has 2 heterocycles. The molecule has 0 atom stereocenters. The van der Waals surface area contributed by atoms with Gasteiger partial charge in [0.1, 0.15) is 0 Å². The lowest BCUT2D eigenvalue weighted by atomic mass is 10.1. The van der Waals surface area contributed by atoms with Gasteiger partial charge in [-0.25, -0.2) is 4.79 Å². The lowest BCUT2D eigenvalue weighted by Crippen LogP contribution is -2.46. The van der Waals surface area contributed by atoms with Gasteiger partial charge in [-0.1, -0.05) is 6.92 Å². The third-order valence-electron chi connectivity index (χ3n) is 6.71. The van der Waals surface area contributed by atoms with Crippen LogP contribution in [0.1, 0.15) is 40.5 Å². The molecule has 1 N–H and O–H groups in total. The number of nitrogens with one attached hydrogen (secondary N) is 1. The van der Waals surface area contributed by atoms with Gasteiger partial charge < -0.3 is 24.8 Å². The molecule has 0 unspecified atom stereocenters. The second kappa shape index (κ2) is 10.7. The number of ether oxygens (including phenoxy) is 1. The molecular weight excluding hydrogens is 450 g/mol. The van der Waals surface area contributed by atoms with Gasteiger partial charge in [-0.2, -0.15) is 0 Å². The molecule has 2 fully saturated rings. The molecule has 0 saturated carbocycles. The third-order valence-corrected chi connectivity index (χ3v) is 6.71. The Labute approximate surface area is 204 Å². The van der Waals surface area contributed by atoms with Crippen LogP contribution in [0.15, 0.2) is 36.4 Å². The van der Waals surface area contributed by atoms with E-state index in [4.69, 9.17) is 4.74 Å². The molecule has 2 aliphatic heterocycles. The number of carbonyl (C=O) groups excluding carboxylic acids is 2. The summed E-state index contributed by atoms with van der Waals surface area (Å²) in [6.45, 7) is 8.05. The molecule has 2 saturated heterocycles. The maximum Gasteiger partial charge on any atom is 0.337 e. The van der Waals surface area contributed by atoms with Gasteiger partial charge in [0.15, 0.2) is 0 Å². The monoisotopic (exact) mass is 481 g/mol. The lowest BCUT2D eigenvalue weighted by molar-refractivity contribution is -0.384. The number of piperazine rings is 1. The number of hydrogen-bond acceptors (Lipinski definition) is 8. The van der Waals surface area contributed by atoms with E-state index in [1.807, 2.05) is 6.07 Å². The average molecular weight is 482 g/mol. The van der Waals surface area contributed by atoms with Crippen LogP contribution in [-0.2, 0) is 4.74 Å². The highest BCUT2D eigenvalue weighted by Crippen LogP contribution is 2.32. The summed E-state index contributed by atoms with van der Waals surface area (Å²) < 4.78 is 4.87. The van der Waals surface area contributed by atoms with Gasteiger partial charge in [0.05, 0.1) is 40.2 Å². The Morgan fingerprint density at radius 2 is 1.63 bits per heavy atom. The molecule has 186 valence electrons. The zero-order valence-electron chi connectivity index (χ0n) is 20.2. The molecule has 4 rings (SSSR count). The first kappa shape index (κ1) is 24.5. The van der Waals surface area contributed by atoms with Crippen LogP contribution in [0, 0.1) is 10.1 Å². The Morgan fingerprint density at radius 1 is 0.971 bits per heavy atom. The smallest absolute Gasteiger partial charge is 0.337 e. The molecule has 10 nitrogen and oxygen atoms in total. The second-order valence-electron chi connectivity index (χ2n) is 8.75. The van der Waals surface area contributed by atoms with Crippen molar-refractivity contribution in [2.75, 3.05) is 68.0 Å². The molecule has 0 bridgehead atoms. The first-order chi connectivity index (χ1) is 16.9. The van der Waals surface area contributed by atoms with Gasteiger partial charge in [-0.3, -0.25) is 14.9 Å². The number of rotatable bonds is 7. The van der Waals surface area contributed by atoms with Crippen molar-refractivity contribution < 1.29 is 19.2 Å². The van der Waals surface area contributed by atoms with E-state index in [2.05, 4.69) is 26.9 Å². The fourth-order valence-corrected chi connectivity index (χ4v) is 4.70. The molecule has 2 aliphatic rings. The number of amides is 1. The minimum atomic E-state index is -0.504. The summed E-state index contributed by atoms with van der Waals surface area (Å²) >= 11 is 0. The molecule has 35 heavy (non-hydrogen) atoms. The van der Waals surface area contributed by atoms with E-state index in [0.29, 0.717) is 16.9 Å². The van der Waals surface area contributed by atoms with Crippen LogP contribution in [0.4, 0.5) is 22.7 Å². The van der Waals surface area contributed by atoms with Crippen LogP contribution in [-0.4, -0.2) is 74.6 Å². The number of anilines is 3. The normalized spacial score (nSPS) is 16.3. The highest BCUT2D eigenvalue weighted by atomic mass is 16.6. The van der Waals surface area contributed by atoms with Crippen molar-refractivity contribution in [2.45, 2.75) is 19.8 Å². The molecule has 0 radical (unpaired) electrons. The summed E-state index contributed by atoms with van der Waals surface area (Å²) in [5, 5.41) is 14.4. The molecule has 2 aromatic carbocycles. The van der Waals surface area contributed by atoms with Crippen molar-refractivity contribution in [1.82, 2.24) is 4.90 Å². The van der Waals surface area contributed by atoms with Gasteiger partial charge in [-0.05, 0) is 43.7 Å². The summed E-state index contributed by atoms with van der Waals surface area (Å²) in [6.07, 6.45) is 2.01. The number of esters is 1.